The maximum atomic E-state index is 12.9. The maximum absolute atomic E-state index is 12.9. The molecule has 1 aromatic heterocycles. The highest BCUT2D eigenvalue weighted by atomic mass is 32.2. The van der Waals surface area contributed by atoms with Crippen LogP contribution in [0.15, 0.2) is 53.6 Å². The van der Waals surface area contributed by atoms with Crippen molar-refractivity contribution in [1.82, 2.24) is 19.5 Å². The van der Waals surface area contributed by atoms with Crippen LogP contribution in [0.5, 0.6) is 0 Å². The Morgan fingerprint density at radius 2 is 1.69 bits per heavy atom. The van der Waals surface area contributed by atoms with Crippen LogP contribution in [-0.4, -0.2) is 74.8 Å². The molecule has 0 atom stereocenters. The average Bonchev–Trinajstić information content (AvgIpc) is 2.84. The maximum Gasteiger partial charge on any atom is 0.244 e. The third-order valence-corrected chi connectivity index (χ3v) is 8.20. The molecule has 0 spiro atoms. The van der Waals surface area contributed by atoms with Gasteiger partial charge in [0.05, 0.1) is 0 Å². The van der Waals surface area contributed by atoms with Gasteiger partial charge in [0.25, 0.3) is 0 Å². The minimum atomic E-state index is -3.51. The summed E-state index contributed by atoms with van der Waals surface area (Å²) in [6, 6.07) is 13.3. The SMILES string of the molecule is CN1CCN(S(=O)(=O)c2ccc(N3CCC(C(=O)NCc4ccccc4)CC3)nc2)CC1. The first kappa shape index (κ1) is 22.7. The molecule has 2 saturated heterocycles. The van der Waals surface area contributed by atoms with Gasteiger partial charge in [-0.15, -0.1) is 0 Å². The van der Waals surface area contributed by atoms with Crippen LogP contribution in [0.2, 0.25) is 0 Å². The fourth-order valence-corrected chi connectivity index (χ4v) is 5.56. The van der Waals surface area contributed by atoms with Crippen molar-refractivity contribution < 1.29 is 13.2 Å². The van der Waals surface area contributed by atoms with Crippen molar-refractivity contribution in [2.45, 2.75) is 24.3 Å². The molecule has 2 aliphatic heterocycles. The normalized spacial score (nSPS) is 19.1. The van der Waals surface area contributed by atoms with Crippen LogP contribution in [0.25, 0.3) is 0 Å². The highest BCUT2D eigenvalue weighted by Gasteiger charge is 2.29. The lowest BCUT2D eigenvalue weighted by atomic mass is 9.96. The number of carbonyl (C=O) groups excluding carboxylic acids is 1. The van der Waals surface area contributed by atoms with Gasteiger partial charge in [-0.1, -0.05) is 30.3 Å². The second-order valence-corrected chi connectivity index (χ2v) is 10.5. The van der Waals surface area contributed by atoms with E-state index in [4.69, 9.17) is 0 Å². The number of nitrogens with one attached hydrogen (secondary N) is 1. The summed E-state index contributed by atoms with van der Waals surface area (Å²) in [5.74, 6) is 0.840. The molecule has 2 fully saturated rings. The number of nitrogens with zero attached hydrogens (tertiary/aromatic N) is 4. The first-order valence-corrected chi connectivity index (χ1v) is 12.6. The molecule has 1 amide bonds. The highest BCUT2D eigenvalue weighted by Crippen LogP contribution is 2.24. The molecule has 1 N–H and O–H groups in total. The van der Waals surface area contributed by atoms with Crippen LogP contribution in [0, 0.1) is 5.92 Å². The number of benzene rings is 1. The molecule has 0 radical (unpaired) electrons. The fourth-order valence-electron chi connectivity index (χ4n) is 4.19. The van der Waals surface area contributed by atoms with Crippen molar-refractivity contribution >= 4 is 21.7 Å². The van der Waals surface area contributed by atoms with Crippen LogP contribution >= 0.6 is 0 Å². The highest BCUT2D eigenvalue weighted by molar-refractivity contribution is 7.89. The number of anilines is 1. The number of aromatic nitrogens is 1. The average molecular weight is 458 g/mol. The second-order valence-electron chi connectivity index (χ2n) is 8.52. The number of piperazine rings is 1. The third kappa shape index (κ3) is 5.28. The zero-order valence-electron chi connectivity index (χ0n) is 18.5. The van der Waals surface area contributed by atoms with Crippen molar-refractivity contribution in [3.63, 3.8) is 0 Å². The van der Waals surface area contributed by atoms with E-state index < -0.39 is 10.0 Å². The van der Waals surface area contributed by atoms with E-state index in [2.05, 4.69) is 20.1 Å². The van der Waals surface area contributed by atoms with Crippen LogP contribution in [0.4, 0.5) is 5.82 Å². The largest absolute Gasteiger partial charge is 0.357 e. The van der Waals surface area contributed by atoms with Gasteiger partial charge < -0.3 is 15.1 Å². The molecule has 0 aliphatic carbocycles. The molecular formula is C23H31N5O3S. The minimum absolute atomic E-state index is 0.00755. The Kier molecular flexibility index (Phi) is 7.07. The van der Waals surface area contributed by atoms with E-state index in [1.165, 1.54) is 10.5 Å². The first-order valence-electron chi connectivity index (χ1n) is 11.1. The molecule has 0 bridgehead atoms. The summed E-state index contributed by atoms with van der Waals surface area (Å²) in [6.07, 6.45) is 2.97. The van der Waals surface area contributed by atoms with Gasteiger partial charge in [0, 0.05) is 57.9 Å². The molecular weight excluding hydrogens is 426 g/mol. The van der Waals surface area contributed by atoms with Crippen molar-refractivity contribution in [2.75, 3.05) is 51.2 Å². The number of hydrogen-bond donors (Lipinski definition) is 1. The Morgan fingerprint density at radius 3 is 2.31 bits per heavy atom. The number of piperidine rings is 1. The molecule has 8 nitrogen and oxygen atoms in total. The Hall–Kier alpha value is -2.49. The quantitative estimate of drug-likeness (QED) is 0.709. The van der Waals surface area contributed by atoms with E-state index in [9.17, 15) is 13.2 Å². The lowest BCUT2D eigenvalue weighted by Gasteiger charge is -2.33. The fraction of sp³-hybridized carbons (Fsp3) is 0.478. The number of hydrogen-bond acceptors (Lipinski definition) is 6. The van der Waals surface area contributed by atoms with Crippen LogP contribution in [0.1, 0.15) is 18.4 Å². The van der Waals surface area contributed by atoms with Crippen molar-refractivity contribution in [3.8, 4) is 0 Å². The lowest BCUT2D eigenvalue weighted by molar-refractivity contribution is -0.125. The first-order chi connectivity index (χ1) is 15.4. The molecule has 3 heterocycles. The monoisotopic (exact) mass is 457 g/mol. The second kappa shape index (κ2) is 9.97. The summed E-state index contributed by atoms with van der Waals surface area (Å²) in [6.45, 7) is 4.46. The Bertz CT molecular complexity index is 998. The standard InChI is InChI=1S/C23H31N5O3S/c1-26-13-15-28(16-14-26)32(30,31)21-7-8-22(24-18-21)27-11-9-20(10-12-27)23(29)25-17-19-5-3-2-4-6-19/h2-8,18,20H,9-17H2,1H3,(H,25,29). The molecule has 1 aromatic carbocycles. The van der Waals surface area contributed by atoms with E-state index >= 15 is 0 Å². The topological polar surface area (TPSA) is 85.9 Å². The van der Waals surface area contributed by atoms with E-state index in [1.807, 2.05) is 37.4 Å². The smallest absolute Gasteiger partial charge is 0.244 e. The summed E-state index contributed by atoms with van der Waals surface area (Å²) in [5, 5.41) is 3.03. The summed E-state index contributed by atoms with van der Waals surface area (Å²) in [5.41, 5.74) is 1.09. The summed E-state index contributed by atoms with van der Waals surface area (Å²) in [7, 11) is -1.51. The molecule has 2 aliphatic rings. The predicted molar refractivity (Wildman–Crippen MR) is 124 cm³/mol. The summed E-state index contributed by atoms with van der Waals surface area (Å²) in [4.78, 5) is 21.4. The third-order valence-electron chi connectivity index (χ3n) is 6.32. The van der Waals surface area contributed by atoms with Gasteiger partial charge in [-0.05, 0) is 37.6 Å². The zero-order valence-corrected chi connectivity index (χ0v) is 19.3. The van der Waals surface area contributed by atoms with Crippen molar-refractivity contribution in [2.24, 2.45) is 5.92 Å². The molecule has 32 heavy (non-hydrogen) atoms. The Morgan fingerprint density at radius 1 is 1.00 bits per heavy atom. The Labute approximate surface area is 190 Å². The number of amides is 1. The molecule has 172 valence electrons. The zero-order chi connectivity index (χ0) is 22.6. The summed E-state index contributed by atoms with van der Waals surface area (Å²) >= 11 is 0. The molecule has 9 heteroatoms. The van der Waals surface area contributed by atoms with E-state index in [1.54, 1.807) is 12.1 Å². The van der Waals surface area contributed by atoms with Crippen molar-refractivity contribution in [1.29, 1.82) is 0 Å². The lowest BCUT2D eigenvalue weighted by Crippen LogP contribution is -2.47. The van der Waals surface area contributed by atoms with Gasteiger partial charge in [0.1, 0.15) is 10.7 Å². The van der Waals surface area contributed by atoms with Gasteiger partial charge in [-0.25, -0.2) is 13.4 Å². The van der Waals surface area contributed by atoms with Gasteiger partial charge in [0.15, 0.2) is 0 Å². The van der Waals surface area contributed by atoms with Crippen molar-refractivity contribution in [3.05, 3.63) is 54.2 Å². The number of rotatable bonds is 6. The van der Waals surface area contributed by atoms with Crippen LogP contribution in [0.3, 0.4) is 0 Å². The number of pyridine rings is 1. The van der Waals surface area contributed by atoms with Crippen LogP contribution < -0.4 is 10.2 Å². The van der Waals surface area contributed by atoms with E-state index in [0.717, 1.165) is 50.4 Å². The number of carbonyl (C=O) groups is 1. The van der Waals surface area contributed by atoms with Crippen LogP contribution in [-0.2, 0) is 21.4 Å². The molecule has 4 rings (SSSR count). The number of sulfonamides is 1. The number of likely N-dealkylation sites (N-methyl/N-ethyl adjacent to an activating group) is 1. The van der Waals surface area contributed by atoms with Gasteiger partial charge in [0.2, 0.25) is 15.9 Å². The van der Waals surface area contributed by atoms with E-state index in [0.29, 0.717) is 19.6 Å². The molecule has 0 unspecified atom stereocenters. The summed E-state index contributed by atoms with van der Waals surface area (Å²) < 4.78 is 27.3. The minimum Gasteiger partial charge on any atom is -0.357 e. The molecule has 0 saturated carbocycles. The Balaban J connectivity index is 1.29. The van der Waals surface area contributed by atoms with E-state index in [-0.39, 0.29) is 16.7 Å². The van der Waals surface area contributed by atoms with Gasteiger partial charge in [-0.2, -0.15) is 4.31 Å². The predicted octanol–water partition coefficient (Wildman–Crippen LogP) is 1.55. The van der Waals surface area contributed by atoms with Gasteiger partial charge in [-0.3, -0.25) is 4.79 Å². The molecule has 2 aromatic rings. The van der Waals surface area contributed by atoms with Gasteiger partial charge >= 0.3 is 0 Å².